The Morgan fingerprint density at radius 3 is 2.67 bits per heavy atom. The quantitative estimate of drug-likeness (QED) is 0.890. The van der Waals surface area contributed by atoms with Gasteiger partial charge in [0, 0.05) is 24.1 Å². The number of halogens is 1. The number of nitrogens with one attached hydrogen (secondary N) is 2. The highest BCUT2D eigenvalue weighted by molar-refractivity contribution is 7.09. The summed E-state index contributed by atoms with van der Waals surface area (Å²) in [5.41, 5.74) is -0.138. The first kappa shape index (κ1) is 16.6. The van der Waals surface area contributed by atoms with Crippen LogP contribution in [0.1, 0.15) is 48.0 Å². The van der Waals surface area contributed by atoms with Gasteiger partial charge in [-0.15, -0.1) is 11.3 Å². The minimum Gasteiger partial charge on any atom is -0.340 e. The predicted octanol–water partition coefficient (Wildman–Crippen LogP) is 3.44. The number of aromatic nitrogens is 1. The second kappa shape index (κ2) is 6.68. The Morgan fingerprint density at radius 2 is 2.04 bits per heavy atom. The minimum absolute atomic E-state index is 0.00451. The molecule has 5 nitrogen and oxygen atoms in total. The van der Waals surface area contributed by atoms with Crippen molar-refractivity contribution in [2.75, 3.05) is 5.32 Å². The molecule has 0 unspecified atom stereocenters. The molecule has 0 bridgehead atoms. The summed E-state index contributed by atoms with van der Waals surface area (Å²) >= 11 is 1.53. The maximum Gasteiger partial charge on any atom is 0.252 e. The predicted molar refractivity (Wildman–Crippen MR) is 90.4 cm³/mol. The van der Waals surface area contributed by atoms with E-state index in [0.29, 0.717) is 5.56 Å². The van der Waals surface area contributed by atoms with Crippen molar-refractivity contribution in [1.82, 2.24) is 10.3 Å². The highest BCUT2D eigenvalue weighted by atomic mass is 32.1. The van der Waals surface area contributed by atoms with Gasteiger partial charge in [0.25, 0.3) is 5.91 Å². The Morgan fingerprint density at radius 1 is 1.29 bits per heavy atom. The maximum absolute atomic E-state index is 13.7. The molecular formula is C17H18FN3O2S. The van der Waals surface area contributed by atoms with Gasteiger partial charge in [-0.3, -0.25) is 9.59 Å². The van der Waals surface area contributed by atoms with Crippen molar-refractivity contribution in [3.05, 3.63) is 46.2 Å². The highest BCUT2D eigenvalue weighted by Crippen LogP contribution is 2.39. The van der Waals surface area contributed by atoms with Crippen molar-refractivity contribution in [3.63, 3.8) is 0 Å². The van der Waals surface area contributed by atoms with Crippen molar-refractivity contribution in [1.29, 1.82) is 0 Å². The molecule has 1 aliphatic carbocycles. The summed E-state index contributed by atoms with van der Waals surface area (Å²) in [4.78, 5) is 28.2. The van der Waals surface area contributed by atoms with E-state index >= 15 is 0 Å². The Bertz CT molecular complexity index is 755. The first-order valence-electron chi connectivity index (χ1n) is 7.80. The van der Waals surface area contributed by atoms with Crippen molar-refractivity contribution in [3.8, 4) is 0 Å². The largest absolute Gasteiger partial charge is 0.340 e. The van der Waals surface area contributed by atoms with Gasteiger partial charge in [-0.1, -0.05) is 12.8 Å². The molecule has 2 N–H and O–H groups in total. The zero-order valence-corrected chi connectivity index (χ0v) is 14.1. The van der Waals surface area contributed by atoms with Gasteiger partial charge < -0.3 is 10.6 Å². The fraction of sp³-hybridized carbons (Fsp3) is 0.353. The summed E-state index contributed by atoms with van der Waals surface area (Å²) in [6.07, 6.45) is 5.47. The molecule has 1 aromatic heterocycles. The van der Waals surface area contributed by atoms with Crippen LogP contribution in [0.4, 0.5) is 10.1 Å². The third-order valence-electron chi connectivity index (χ3n) is 4.19. The minimum atomic E-state index is -0.572. The third-order valence-corrected chi connectivity index (χ3v) is 5.17. The number of rotatable bonds is 4. The van der Waals surface area contributed by atoms with Crippen LogP contribution < -0.4 is 10.6 Å². The van der Waals surface area contributed by atoms with E-state index in [1.54, 1.807) is 6.20 Å². The van der Waals surface area contributed by atoms with E-state index in [1.165, 1.54) is 36.5 Å². The molecule has 7 heteroatoms. The van der Waals surface area contributed by atoms with E-state index in [0.717, 1.165) is 30.7 Å². The Labute approximate surface area is 143 Å². The summed E-state index contributed by atoms with van der Waals surface area (Å²) < 4.78 is 13.7. The fourth-order valence-corrected chi connectivity index (χ4v) is 3.93. The molecule has 1 fully saturated rings. The molecule has 126 valence electrons. The summed E-state index contributed by atoms with van der Waals surface area (Å²) in [6.45, 7) is 1.29. The average molecular weight is 347 g/mol. The summed E-state index contributed by atoms with van der Waals surface area (Å²) in [5.74, 6) is -1.25. The number of hydrogen-bond acceptors (Lipinski definition) is 4. The first-order chi connectivity index (χ1) is 11.5. The summed E-state index contributed by atoms with van der Waals surface area (Å²) in [5, 5.41) is 8.28. The van der Waals surface area contributed by atoms with Crippen molar-refractivity contribution in [2.45, 2.75) is 38.1 Å². The number of benzene rings is 1. The van der Waals surface area contributed by atoms with Crippen LogP contribution in [-0.4, -0.2) is 16.8 Å². The lowest BCUT2D eigenvalue weighted by Gasteiger charge is -2.28. The van der Waals surface area contributed by atoms with Gasteiger partial charge in [0.2, 0.25) is 5.91 Å². The van der Waals surface area contributed by atoms with E-state index in [4.69, 9.17) is 0 Å². The van der Waals surface area contributed by atoms with Crippen LogP contribution in [-0.2, 0) is 10.3 Å². The second-order valence-electron chi connectivity index (χ2n) is 5.96. The summed E-state index contributed by atoms with van der Waals surface area (Å²) in [7, 11) is 0. The number of hydrogen-bond donors (Lipinski definition) is 2. The molecule has 0 spiro atoms. The van der Waals surface area contributed by atoms with Crippen molar-refractivity contribution in [2.24, 2.45) is 0 Å². The zero-order chi connectivity index (χ0) is 17.2. The number of amides is 2. The standard InChI is InChI=1S/C17H18FN3O2S/c1-11(22)20-14-10-12(4-5-13(14)18)15(23)21-17(6-2-3-7-17)16-19-8-9-24-16/h4-5,8-10H,2-3,6-7H2,1H3,(H,20,22)(H,21,23). The smallest absolute Gasteiger partial charge is 0.252 e. The Balaban J connectivity index is 1.85. The van der Waals surface area contributed by atoms with Gasteiger partial charge in [0.1, 0.15) is 10.8 Å². The number of thiazole rings is 1. The lowest BCUT2D eigenvalue weighted by atomic mass is 9.97. The molecule has 2 amide bonds. The highest BCUT2D eigenvalue weighted by Gasteiger charge is 2.39. The monoisotopic (exact) mass is 347 g/mol. The van der Waals surface area contributed by atoms with E-state index in [2.05, 4.69) is 15.6 Å². The normalized spacial score (nSPS) is 15.9. The number of carbonyl (C=O) groups excluding carboxylic acids is 2. The van der Waals surface area contributed by atoms with Crippen LogP contribution in [0.5, 0.6) is 0 Å². The second-order valence-corrected chi connectivity index (χ2v) is 6.85. The molecule has 3 rings (SSSR count). The molecule has 0 saturated heterocycles. The van der Waals surface area contributed by atoms with E-state index in [1.807, 2.05) is 5.38 Å². The molecule has 1 aliphatic rings. The molecule has 0 atom stereocenters. The Kier molecular flexibility index (Phi) is 4.62. The molecule has 1 heterocycles. The fourth-order valence-electron chi connectivity index (χ4n) is 3.07. The lowest BCUT2D eigenvalue weighted by molar-refractivity contribution is -0.114. The molecular weight excluding hydrogens is 329 g/mol. The van der Waals surface area contributed by atoms with Crippen molar-refractivity contribution < 1.29 is 14.0 Å². The number of carbonyl (C=O) groups is 2. The van der Waals surface area contributed by atoms with Gasteiger partial charge in [-0.25, -0.2) is 9.37 Å². The van der Waals surface area contributed by atoms with Gasteiger partial charge >= 0.3 is 0 Å². The lowest BCUT2D eigenvalue weighted by Crippen LogP contribution is -2.43. The average Bonchev–Trinajstić information content (AvgIpc) is 3.20. The number of anilines is 1. The van der Waals surface area contributed by atoms with Gasteiger partial charge in [-0.2, -0.15) is 0 Å². The van der Waals surface area contributed by atoms with Crippen LogP contribution >= 0.6 is 11.3 Å². The van der Waals surface area contributed by atoms with Gasteiger partial charge in [0.05, 0.1) is 11.2 Å². The SMILES string of the molecule is CC(=O)Nc1cc(C(=O)NC2(c3nccs3)CCCC2)ccc1F. The maximum atomic E-state index is 13.7. The van der Waals surface area contributed by atoms with Crippen LogP contribution in [0.15, 0.2) is 29.8 Å². The van der Waals surface area contributed by atoms with E-state index in [9.17, 15) is 14.0 Å². The van der Waals surface area contributed by atoms with Gasteiger partial charge in [0.15, 0.2) is 0 Å². The van der Waals surface area contributed by atoms with Crippen molar-refractivity contribution >= 4 is 28.8 Å². The molecule has 0 aliphatic heterocycles. The molecule has 2 aromatic rings. The summed E-state index contributed by atoms with van der Waals surface area (Å²) in [6, 6.07) is 3.96. The van der Waals surface area contributed by atoms with E-state index in [-0.39, 0.29) is 17.5 Å². The number of nitrogens with zero attached hydrogens (tertiary/aromatic N) is 1. The molecule has 1 aromatic carbocycles. The van der Waals surface area contributed by atoms with Crippen LogP contribution in [0.25, 0.3) is 0 Å². The molecule has 0 radical (unpaired) electrons. The Hall–Kier alpha value is -2.28. The van der Waals surface area contributed by atoms with Gasteiger partial charge in [-0.05, 0) is 31.0 Å². The zero-order valence-electron chi connectivity index (χ0n) is 13.3. The van der Waals surface area contributed by atoms with Crippen LogP contribution in [0.2, 0.25) is 0 Å². The van der Waals surface area contributed by atoms with E-state index < -0.39 is 11.4 Å². The topological polar surface area (TPSA) is 71.1 Å². The molecule has 1 saturated carbocycles. The van der Waals surface area contributed by atoms with Crippen LogP contribution in [0, 0.1) is 5.82 Å². The molecule has 24 heavy (non-hydrogen) atoms. The third kappa shape index (κ3) is 3.31. The first-order valence-corrected chi connectivity index (χ1v) is 8.68. The van der Waals surface area contributed by atoms with Crippen LogP contribution in [0.3, 0.4) is 0 Å².